The van der Waals surface area contributed by atoms with E-state index in [1.54, 1.807) is 0 Å². The Bertz CT molecular complexity index is 1320. The zero-order chi connectivity index (χ0) is 57.0. The standard InChI is InChI=1S/C68H134NO8P/c1-6-8-10-12-14-16-18-20-22-24-26-28-30-31-32-33-34-35-36-37-39-41-43-45-47-49-51-53-55-57-59-61-68(71)77-66(65-76-78(72,73)75-63-62-69(3,4)5)64-74-67(70)60-58-56-54-52-50-48-46-44-42-40-38-29-27-25-23-21-19-17-15-13-11-9-7-2/h24,26,66H,6-23,25,27-65H2,1-5H3/p+1/b26-24-. The van der Waals surface area contributed by atoms with Crippen molar-refractivity contribution in [3.8, 4) is 0 Å². The largest absolute Gasteiger partial charge is 0.472 e. The Morgan fingerprint density at radius 1 is 0.385 bits per heavy atom. The lowest BCUT2D eigenvalue weighted by Crippen LogP contribution is -2.37. The minimum atomic E-state index is -4.38. The van der Waals surface area contributed by atoms with Gasteiger partial charge < -0.3 is 18.9 Å². The maximum Gasteiger partial charge on any atom is 0.472 e. The Kier molecular flexibility index (Phi) is 59.4. The van der Waals surface area contributed by atoms with Crippen molar-refractivity contribution in [2.75, 3.05) is 47.5 Å². The molecular formula is C68H135NO8P+. The average Bonchev–Trinajstić information content (AvgIpc) is 3.40. The zero-order valence-electron chi connectivity index (χ0n) is 52.9. The Morgan fingerprint density at radius 2 is 0.654 bits per heavy atom. The van der Waals surface area contributed by atoms with Crippen molar-refractivity contribution in [1.29, 1.82) is 0 Å². The van der Waals surface area contributed by atoms with Gasteiger partial charge in [-0.05, 0) is 38.5 Å². The maximum absolute atomic E-state index is 12.9. The van der Waals surface area contributed by atoms with Gasteiger partial charge in [0.1, 0.15) is 19.8 Å². The van der Waals surface area contributed by atoms with Gasteiger partial charge in [-0.3, -0.25) is 18.6 Å². The molecule has 9 nitrogen and oxygen atoms in total. The smallest absolute Gasteiger partial charge is 0.462 e. The van der Waals surface area contributed by atoms with Crippen molar-refractivity contribution < 1.29 is 42.1 Å². The fourth-order valence-electron chi connectivity index (χ4n) is 10.5. The monoisotopic (exact) mass is 1120 g/mol. The van der Waals surface area contributed by atoms with Crippen LogP contribution in [0.25, 0.3) is 0 Å². The molecule has 10 heteroatoms. The molecule has 0 saturated carbocycles. The summed E-state index contributed by atoms with van der Waals surface area (Å²) < 4.78 is 34.7. The molecule has 0 heterocycles. The normalized spacial score (nSPS) is 13.2. The lowest BCUT2D eigenvalue weighted by Gasteiger charge is -2.24. The quantitative estimate of drug-likeness (QED) is 0.0211. The first-order valence-corrected chi connectivity index (χ1v) is 35.9. The molecule has 2 atom stereocenters. The van der Waals surface area contributed by atoms with Crippen molar-refractivity contribution >= 4 is 19.8 Å². The fourth-order valence-corrected chi connectivity index (χ4v) is 11.2. The van der Waals surface area contributed by atoms with E-state index in [-0.39, 0.29) is 25.6 Å². The van der Waals surface area contributed by atoms with Crippen molar-refractivity contribution in [3.63, 3.8) is 0 Å². The molecule has 0 fully saturated rings. The van der Waals surface area contributed by atoms with Crippen LogP contribution in [0.1, 0.15) is 361 Å². The van der Waals surface area contributed by atoms with Crippen LogP contribution in [0.4, 0.5) is 0 Å². The van der Waals surface area contributed by atoms with Crippen LogP contribution >= 0.6 is 7.82 Å². The van der Waals surface area contributed by atoms with Gasteiger partial charge >= 0.3 is 19.8 Å². The summed E-state index contributed by atoms with van der Waals surface area (Å²) in [5, 5.41) is 0. The molecule has 0 aliphatic rings. The first-order chi connectivity index (χ1) is 38.0. The van der Waals surface area contributed by atoms with Crippen LogP contribution in [0.15, 0.2) is 12.2 Å². The summed E-state index contributed by atoms with van der Waals surface area (Å²) in [4.78, 5) is 35.8. The van der Waals surface area contributed by atoms with E-state index in [0.717, 1.165) is 38.5 Å². The van der Waals surface area contributed by atoms with E-state index in [2.05, 4.69) is 26.0 Å². The second-order valence-corrected chi connectivity index (χ2v) is 26.4. The molecule has 0 aliphatic heterocycles. The van der Waals surface area contributed by atoms with Gasteiger partial charge in [0.05, 0.1) is 27.7 Å². The number of phosphoric acid groups is 1. The summed E-state index contributed by atoms with van der Waals surface area (Å²) >= 11 is 0. The number of allylic oxidation sites excluding steroid dienone is 2. The molecule has 0 rings (SSSR count). The third-order valence-electron chi connectivity index (χ3n) is 15.8. The molecule has 0 aliphatic carbocycles. The van der Waals surface area contributed by atoms with Crippen molar-refractivity contribution in [2.45, 2.75) is 367 Å². The molecule has 0 amide bonds. The van der Waals surface area contributed by atoms with Gasteiger partial charge in [-0.25, -0.2) is 4.57 Å². The molecule has 1 N–H and O–H groups in total. The number of phosphoric ester groups is 1. The Morgan fingerprint density at radius 3 is 0.949 bits per heavy atom. The molecule has 0 aromatic rings. The molecule has 0 bridgehead atoms. The van der Waals surface area contributed by atoms with Crippen LogP contribution in [0.3, 0.4) is 0 Å². The second-order valence-electron chi connectivity index (χ2n) is 24.9. The number of ether oxygens (including phenoxy) is 2. The van der Waals surface area contributed by atoms with Crippen LogP contribution in [0.2, 0.25) is 0 Å². The van der Waals surface area contributed by atoms with Crippen LogP contribution in [0, 0.1) is 0 Å². The second kappa shape index (κ2) is 60.3. The van der Waals surface area contributed by atoms with Crippen LogP contribution in [-0.2, 0) is 32.7 Å². The van der Waals surface area contributed by atoms with Gasteiger partial charge in [0.2, 0.25) is 0 Å². The van der Waals surface area contributed by atoms with Crippen LogP contribution in [-0.4, -0.2) is 74.9 Å². The lowest BCUT2D eigenvalue weighted by atomic mass is 10.0. The third-order valence-corrected chi connectivity index (χ3v) is 16.8. The molecule has 2 unspecified atom stereocenters. The summed E-state index contributed by atoms with van der Waals surface area (Å²) in [6, 6.07) is 0. The number of unbranched alkanes of at least 4 members (excludes halogenated alkanes) is 49. The molecule has 0 spiro atoms. The minimum Gasteiger partial charge on any atom is -0.462 e. The molecule has 78 heavy (non-hydrogen) atoms. The Balaban J connectivity index is 3.99. The molecular weight excluding hydrogens is 990 g/mol. The van der Waals surface area contributed by atoms with E-state index >= 15 is 0 Å². The van der Waals surface area contributed by atoms with Gasteiger partial charge in [-0.15, -0.1) is 0 Å². The predicted molar refractivity (Wildman–Crippen MR) is 335 cm³/mol. The van der Waals surface area contributed by atoms with Crippen LogP contribution in [0.5, 0.6) is 0 Å². The van der Waals surface area contributed by atoms with Crippen LogP contribution < -0.4 is 0 Å². The van der Waals surface area contributed by atoms with E-state index in [1.807, 2.05) is 21.1 Å². The fraction of sp³-hybridized carbons (Fsp3) is 0.941. The van der Waals surface area contributed by atoms with E-state index in [0.29, 0.717) is 17.4 Å². The van der Waals surface area contributed by atoms with E-state index in [9.17, 15) is 19.0 Å². The summed E-state index contributed by atoms with van der Waals surface area (Å²) in [6.45, 7) is 4.52. The highest BCUT2D eigenvalue weighted by molar-refractivity contribution is 7.47. The number of likely N-dealkylation sites (N-methyl/N-ethyl adjacent to an activating group) is 1. The first-order valence-electron chi connectivity index (χ1n) is 34.4. The average molecular weight is 1130 g/mol. The summed E-state index contributed by atoms with van der Waals surface area (Å²) in [7, 11) is 1.50. The van der Waals surface area contributed by atoms with E-state index in [1.165, 1.54) is 295 Å². The van der Waals surface area contributed by atoms with Gasteiger partial charge in [-0.1, -0.05) is 321 Å². The zero-order valence-corrected chi connectivity index (χ0v) is 53.8. The number of nitrogens with zero attached hydrogens (tertiary/aromatic N) is 1. The molecule has 0 saturated heterocycles. The third kappa shape index (κ3) is 63.9. The van der Waals surface area contributed by atoms with Gasteiger partial charge in [0, 0.05) is 12.8 Å². The number of esters is 2. The molecule has 0 radical (unpaired) electrons. The molecule has 464 valence electrons. The number of hydrogen-bond acceptors (Lipinski definition) is 7. The number of carbonyl (C=O) groups excluding carboxylic acids is 2. The Hall–Kier alpha value is -1.25. The highest BCUT2D eigenvalue weighted by atomic mass is 31.2. The van der Waals surface area contributed by atoms with Gasteiger partial charge in [0.25, 0.3) is 0 Å². The first kappa shape index (κ1) is 76.8. The van der Waals surface area contributed by atoms with Gasteiger partial charge in [-0.2, -0.15) is 0 Å². The lowest BCUT2D eigenvalue weighted by molar-refractivity contribution is -0.870. The number of carbonyl (C=O) groups is 2. The summed E-state index contributed by atoms with van der Waals surface area (Å²) in [6.07, 6.45) is 73.2. The van der Waals surface area contributed by atoms with Gasteiger partial charge in [0.15, 0.2) is 6.10 Å². The predicted octanol–water partition coefficient (Wildman–Crippen LogP) is 21.9. The Labute approximate surface area is 486 Å². The van der Waals surface area contributed by atoms with Crippen molar-refractivity contribution in [2.24, 2.45) is 0 Å². The van der Waals surface area contributed by atoms with Crippen molar-refractivity contribution in [1.82, 2.24) is 0 Å². The summed E-state index contributed by atoms with van der Waals surface area (Å²) in [5.74, 6) is -0.771. The summed E-state index contributed by atoms with van der Waals surface area (Å²) in [5.41, 5.74) is 0. The van der Waals surface area contributed by atoms with E-state index in [4.69, 9.17) is 18.5 Å². The highest BCUT2D eigenvalue weighted by Gasteiger charge is 2.27. The molecule has 0 aromatic heterocycles. The topological polar surface area (TPSA) is 108 Å². The maximum atomic E-state index is 12.9. The number of hydrogen-bond donors (Lipinski definition) is 1. The van der Waals surface area contributed by atoms with E-state index < -0.39 is 26.5 Å². The SMILES string of the molecule is CCCCCCCCCC/C=C\CCCCCCCCCCCCCCCCCCCCCC(=O)OC(COC(=O)CCCCCCCCCCCCCCCCCCCCCCCCC)COP(=O)(O)OCC[N+](C)(C)C. The molecule has 0 aromatic carbocycles. The van der Waals surface area contributed by atoms with Crippen molar-refractivity contribution in [3.05, 3.63) is 12.2 Å². The number of quaternary nitrogens is 1. The minimum absolute atomic E-state index is 0.0366. The number of rotatable bonds is 65. The highest BCUT2D eigenvalue weighted by Crippen LogP contribution is 2.43.